The molecular weight excluding hydrogens is 336 g/mol. The number of benzene rings is 1. The van der Waals surface area contributed by atoms with E-state index >= 15 is 0 Å². The molecule has 2 heterocycles. The zero-order valence-corrected chi connectivity index (χ0v) is 14.7. The van der Waals surface area contributed by atoms with Crippen LogP contribution in [0.1, 0.15) is 58.9 Å². The normalized spacial score (nSPS) is 19.7. The van der Waals surface area contributed by atoms with E-state index in [0.29, 0.717) is 17.7 Å². The van der Waals surface area contributed by atoms with E-state index in [1.807, 2.05) is 6.07 Å². The van der Waals surface area contributed by atoms with Crippen molar-refractivity contribution in [2.24, 2.45) is 0 Å². The maximum Gasteiger partial charge on any atom is 0.262 e. The number of carbonyl (C=O) groups is 4. The second-order valence-electron chi connectivity index (χ2n) is 6.54. The number of nitrogens with zero attached hydrogens (tertiary/aromatic N) is 1. The number of nitrogens with one attached hydrogen (secondary N) is 1. The van der Waals surface area contributed by atoms with E-state index in [2.05, 4.69) is 12.2 Å². The molecule has 1 aromatic rings. The smallest absolute Gasteiger partial charge is 0.262 e. The number of aryl methyl sites for hydroxylation is 1. The van der Waals surface area contributed by atoms with Crippen molar-refractivity contribution < 1.29 is 23.9 Å². The topological polar surface area (TPSA) is 92.8 Å². The van der Waals surface area contributed by atoms with Crippen LogP contribution < -0.4 is 5.32 Å². The fourth-order valence-electron chi connectivity index (χ4n) is 3.30. The van der Waals surface area contributed by atoms with Crippen LogP contribution in [0.25, 0.3) is 0 Å². The molecule has 1 unspecified atom stereocenters. The predicted molar refractivity (Wildman–Crippen MR) is 92.5 cm³/mol. The molecule has 2 aliphatic heterocycles. The number of fused-ring (bicyclic) bond motifs is 1. The number of ether oxygens (including phenoxy) is 1. The van der Waals surface area contributed by atoms with Crippen LogP contribution in [0.15, 0.2) is 18.2 Å². The molecule has 4 amide bonds. The van der Waals surface area contributed by atoms with Gasteiger partial charge in [-0.1, -0.05) is 13.0 Å². The van der Waals surface area contributed by atoms with Gasteiger partial charge in [0.2, 0.25) is 11.8 Å². The van der Waals surface area contributed by atoms with Gasteiger partial charge in [0, 0.05) is 19.6 Å². The Hall–Kier alpha value is -2.54. The lowest BCUT2D eigenvalue weighted by molar-refractivity contribution is -0.136. The Kier molecular flexibility index (Phi) is 5.46. The van der Waals surface area contributed by atoms with Gasteiger partial charge >= 0.3 is 0 Å². The third-order valence-corrected chi connectivity index (χ3v) is 4.61. The maximum atomic E-state index is 12.7. The molecular formula is C19H22N2O5. The molecule has 138 valence electrons. The first-order valence-electron chi connectivity index (χ1n) is 8.95. The number of hydrogen-bond acceptors (Lipinski definition) is 5. The molecule has 0 radical (unpaired) electrons. The van der Waals surface area contributed by atoms with Crippen LogP contribution in [0.3, 0.4) is 0 Å². The average Bonchev–Trinajstić information content (AvgIpc) is 2.86. The van der Waals surface area contributed by atoms with Gasteiger partial charge in [-0.3, -0.25) is 29.4 Å². The highest BCUT2D eigenvalue weighted by Gasteiger charge is 2.44. The number of rotatable bonds is 7. The summed E-state index contributed by atoms with van der Waals surface area (Å²) in [4.78, 5) is 49.6. The van der Waals surface area contributed by atoms with Crippen LogP contribution in [0.4, 0.5) is 0 Å². The minimum Gasteiger partial charge on any atom is -0.381 e. The first-order chi connectivity index (χ1) is 12.5. The van der Waals surface area contributed by atoms with Crippen molar-refractivity contribution >= 4 is 23.6 Å². The Bertz CT molecular complexity index is 758. The van der Waals surface area contributed by atoms with E-state index in [1.165, 1.54) is 0 Å². The highest BCUT2D eigenvalue weighted by atomic mass is 16.5. The van der Waals surface area contributed by atoms with Gasteiger partial charge in [-0.05, 0) is 43.4 Å². The summed E-state index contributed by atoms with van der Waals surface area (Å²) in [5, 5.41) is 2.19. The van der Waals surface area contributed by atoms with Crippen molar-refractivity contribution in [2.45, 2.75) is 45.1 Å². The predicted octanol–water partition coefficient (Wildman–Crippen LogP) is 1.45. The Morgan fingerprint density at radius 2 is 1.88 bits per heavy atom. The van der Waals surface area contributed by atoms with Gasteiger partial charge in [0.1, 0.15) is 6.04 Å². The number of hydrogen-bond donors (Lipinski definition) is 1. The summed E-state index contributed by atoms with van der Waals surface area (Å²) >= 11 is 0. The summed E-state index contributed by atoms with van der Waals surface area (Å²) in [6.45, 7) is 3.44. The molecule has 1 saturated heterocycles. The minimum atomic E-state index is -0.925. The van der Waals surface area contributed by atoms with Crippen LogP contribution in [-0.2, 0) is 20.7 Å². The molecule has 0 spiro atoms. The van der Waals surface area contributed by atoms with Crippen LogP contribution in [0.2, 0.25) is 0 Å². The molecule has 0 aliphatic carbocycles. The van der Waals surface area contributed by atoms with E-state index in [9.17, 15) is 19.2 Å². The van der Waals surface area contributed by atoms with Gasteiger partial charge < -0.3 is 4.74 Å². The van der Waals surface area contributed by atoms with Crippen LogP contribution in [0.5, 0.6) is 0 Å². The molecule has 1 fully saturated rings. The van der Waals surface area contributed by atoms with E-state index in [-0.39, 0.29) is 18.7 Å². The van der Waals surface area contributed by atoms with Gasteiger partial charge in [0.25, 0.3) is 11.8 Å². The SMILES string of the molecule is CCCOCCCc1ccc2c(c1)C(=O)N(C1CCC(=O)NC1=O)C2=O. The van der Waals surface area contributed by atoms with Crippen molar-refractivity contribution in [3.8, 4) is 0 Å². The molecule has 26 heavy (non-hydrogen) atoms. The second-order valence-corrected chi connectivity index (χ2v) is 6.54. The first kappa shape index (κ1) is 18.3. The number of carbonyl (C=O) groups excluding carboxylic acids is 4. The van der Waals surface area contributed by atoms with Crippen LogP contribution in [-0.4, -0.2) is 47.8 Å². The fraction of sp³-hybridized carbons (Fsp3) is 0.474. The first-order valence-corrected chi connectivity index (χ1v) is 8.95. The van der Waals surface area contributed by atoms with Crippen LogP contribution >= 0.6 is 0 Å². The van der Waals surface area contributed by atoms with Gasteiger partial charge in [-0.2, -0.15) is 0 Å². The number of piperidine rings is 1. The molecule has 1 aromatic carbocycles. The maximum absolute atomic E-state index is 12.7. The molecule has 0 aromatic heterocycles. The Balaban J connectivity index is 1.71. The Morgan fingerprint density at radius 1 is 1.12 bits per heavy atom. The summed E-state index contributed by atoms with van der Waals surface area (Å²) < 4.78 is 5.45. The molecule has 2 aliphatic rings. The zero-order valence-electron chi connectivity index (χ0n) is 14.7. The molecule has 1 atom stereocenters. The number of amides is 4. The van der Waals surface area contributed by atoms with Gasteiger partial charge in [0.05, 0.1) is 11.1 Å². The summed E-state index contributed by atoms with van der Waals surface area (Å²) in [6, 6.07) is 4.27. The quantitative estimate of drug-likeness (QED) is 0.588. The third-order valence-electron chi connectivity index (χ3n) is 4.61. The van der Waals surface area contributed by atoms with E-state index in [4.69, 9.17) is 4.74 Å². The molecule has 0 saturated carbocycles. The summed E-state index contributed by atoms with van der Waals surface area (Å²) in [6.07, 6.45) is 2.84. The van der Waals surface area contributed by atoms with Crippen molar-refractivity contribution in [3.63, 3.8) is 0 Å². The van der Waals surface area contributed by atoms with Crippen molar-refractivity contribution in [1.29, 1.82) is 0 Å². The largest absolute Gasteiger partial charge is 0.381 e. The summed E-state index contributed by atoms with van der Waals surface area (Å²) in [5.74, 6) is -1.92. The van der Waals surface area contributed by atoms with Gasteiger partial charge in [-0.15, -0.1) is 0 Å². The zero-order chi connectivity index (χ0) is 18.7. The standard InChI is InChI=1S/C19H22N2O5/c1-2-9-26-10-3-4-12-5-6-13-14(11-12)19(25)21(18(13)24)15-7-8-16(22)20-17(15)23/h5-6,11,15H,2-4,7-10H2,1H3,(H,20,22,23). The highest BCUT2D eigenvalue weighted by Crippen LogP contribution is 2.28. The molecule has 0 bridgehead atoms. The van der Waals surface area contributed by atoms with Gasteiger partial charge in [-0.25, -0.2) is 0 Å². The van der Waals surface area contributed by atoms with E-state index in [1.54, 1.807) is 12.1 Å². The van der Waals surface area contributed by atoms with Crippen LogP contribution in [0, 0.1) is 0 Å². The fourth-order valence-corrected chi connectivity index (χ4v) is 3.30. The summed E-state index contributed by atoms with van der Waals surface area (Å²) in [5.41, 5.74) is 1.59. The molecule has 1 N–H and O–H groups in total. The monoisotopic (exact) mass is 358 g/mol. The molecule has 7 heteroatoms. The number of imide groups is 2. The summed E-state index contributed by atoms with van der Waals surface area (Å²) in [7, 11) is 0. The average molecular weight is 358 g/mol. The van der Waals surface area contributed by atoms with Gasteiger partial charge in [0.15, 0.2) is 0 Å². The van der Waals surface area contributed by atoms with E-state index in [0.717, 1.165) is 36.3 Å². The lowest BCUT2D eigenvalue weighted by Crippen LogP contribution is -2.54. The Labute approximate surface area is 151 Å². The lowest BCUT2D eigenvalue weighted by Gasteiger charge is -2.27. The van der Waals surface area contributed by atoms with Crippen molar-refractivity contribution in [1.82, 2.24) is 10.2 Å². The third kappa shape index (κ3) is 3.53. The Morgan fingerprint density at radius 3 is 2.62 bits per heavy atom. The molecule has 7 nitrogen and oxygen atoms in total. The second kappa shape index (κ2) is 7.78. The van der Waals surface area contributed by atoms with Crippen molar-refractivity contribution in [3.05, 3.63) is 34.9 Å². The van der Waals surface area contributed by atoms with E-state index < -0.39 is 23.8 Å². The minimum absolute atomic E-state index is 0.118. The van der Waals surface area contributed by atoms with Crippen molar-refractivity contribution in [2.75, 3.05) is 13.2 Å². The highest BCUT2D eigenvalue weighted by molar-refractivity contribution is 6.23. The molecule has 3 rings (SSSR count). The lowest BCUT2D eigenvalue weighted by atomic mass is 10.0.